The molecule has 0 atom stereocenters. The molecule has 0 fully saturated rings. The summed E-state index contributed by atoms with van der Waals surface area (Å²) in [6.45, 7) is 7.45. The number of aromatic hydroxyl groups is 2. The minimum Gasteiger partial charge on any atom is -0.857 e. The van der Waals surface area contributed by atoms with Gasteiger partial charge in [-0.3, -0.25) is 0 Å². The Morgan fingerprint density at radius 3 is 1.29 bits per heavy atom. The van der Waals surface area contributed by atoms with Crippen LogP contribution in [0.5, 0.6) is 11.5 Å². The van der Waals surface area contributed by atoms with Gasteiger partial charge in [0.05, 0.1) is 0 Å². The van der Waals surface area contributed by atoms with E-state index in [0.717, 1.165) is 24.3 Å². The summed E-state index contributed by atoms with van der Waals surface area (Å²) in [5, 5.41) is 56.2. The maximum absolute atomic E-state index is 11.5. The van der Waals surface area contributed by atoms with Crippen LogP contribution in [0, 0.1) is 0 Å². The largest absolute Gasteiger partial charge is 2.00 e. The van der Waals surface area contributed by atoms with Gasteiger partial charge in [-0.25, -0.2) is 0 Å². The second kappa shape index (κ2) is 14.8. The van der Waals surface area contributed by atoms with E-state index in [4.69, 9.17) is 0 Å². The molecular weight excluding hydrogens is 448 g/mol. The maximum atomic E-state index is 11.5. The Bertz CT molecular complexity index is 879. The molecule has 0 amide bonds. The van der Waals surface area contributed by atoms with Gasteiger partial charge in [0, 0.05) is 34.3 Å². The second-order valence-corrected chi connectivity index (χ2v) is 6.22. The molecule has 8 nitrogen and oxygen atoms in total. The minimum absolute atomic E-state index is 0. The molecule has 2 rings (SSSR count). The van der Waals surface area contributed by atoms with Crippen molar-refractivity contribution in [2.24, 2.45) is 20.4 Å². The summed E-state index contributed by atoms with van der Waals surface area (Å²) in [4.78, 5) is 0. The first kappa shape index (κ1) is 27.8. The van der Waals surface area contributed by atoms with Gasteiger partial charge < -0.3 is 20.4 Å². The van der Waals surface area contributed by atoms with E-state index in [9.17, 15) is 20.4 Å². The molecule has 0 saturated heterocycles. The summed E-state index contributed by atoms with van der Waals surface area (Å²) in [5.74, 6) is -1.20. The monoisotopic (exact) mass is 473 g/mol. The Hall–Kier alpha value is -3.16. The van der Waals surface area contributed by atoms with Gasteiger partial charge in [0.25, 0.3) is 0 Å². The third-order valence-corrected chi connectivity index (χ3v) is 3.92. The fourth-order valence-corrected chi connectivity index (χ4v) is 1.82. The molecule has 0 heterocycles. The molecule has 2 aromatic rings. The van der Waals surface area contributed by atoms with Crippen LogP contribution < -0.4 is 10.2 Å². The normalized spacial score (nSPS) is 12.5. The predicted molar refractivity (Wildman–Crippen MR) is 116 cm³/mol. The van der Waals surface area contributed by atoms with Crippen molar-refractivity contribution in [3.05, 3.63) is 59.7 Å². The Morgan fingerprint density at radius 2 is 1.00 bits per heavy atom. The summed E-state index contributed by atoms with van der Waals surface area (Å²) in [6, 6.07) is 12.5. The van der Waals surface area contributed by atoms with Gasteiger partial charge in [-0.05, 0) is 38.8 Å². The van der Waals surface area contributed by atoms with Crippen molar-refractivity contribution in [3.63, 3.8) is 0 Å². The van der Waals surface area contributed by atoms with Gasteiger partial charge >= 0.3 is 17.1 Å². The van der Waals surface area contributed by atoms with Gasteiger partial charge in [0.15, 0.2) is 0 Å². The third-order valence-electron chi connectivity index (χ3n) is 3.92. The molecular formula is C22H26CuN4O4. The molecule has 0 aliphatic heterocycles. The zero-order chi connectivity index (χ0) is 22.5. The molecule has 0 aliphatic rings. The van der Waals surface area contributed by atoms with Crippen molar-refractivity contribution in [1.82, 2.24) is 0 Å². The average molecular weight is 474 g/mol. The molecule has 0 saturated carbocycles. The topological polar surface area (TPSA) is 136 Å². The summed E-state index contributed by atoms with van der Waals surface area (Å²) in [6.07, 6.45) is 1.50. The number of phenols is 2. The number of benzene rings is 2. The predicted octanol–water partition coefficient (Wildman–Crippen LogP) is 2.57. The van der Waals surface area contributed by atoms with E-state index >= 15 is 0 Å². The van der Waals surface area contributed by atoms with E-state index in [1.165, 1.54) is 24.3 Å². The van der Waals surface area contributed by atoms with Crippen molar-refractivity contribution in [2.75, 3.05) is 0 Å². The van der Waals surface area contributed by atoms with E-state index in [0.29, 0.717) is 0 Å². The standard InChI is InChI=1S/2C11H14N2O2.Cu/c2*1-3-8(2)12-13-11(15)9-6-4-5-7-10(9)14;/h2*4-7,14H,3H2,1-2H3,(H,13,15);/q;;+2/p-2/b2*12-8+;. The van der Waals surface area contributed by atoms with Crippen LogP contribution in [0.2, 0.25) is 0 Å². The first-order valence-corrected chi connectivity index (χ1v) is 9.43. The molecule has 169 valence electrons. The van der Waals surface area contributed by atoms with Crippen LogP contribution in [0.1, 0.15) is 51.7 Å². The van der Waals surface area contributed by atoms with Crippen molar-refractivity contribution in [3.8, 4) is 11.5 Å². The number of para-hydroxylation sites is 2. The van der Waals surface area contributed by atoms with Crippen molar-refractivity contribution >= 4 is 23.2 Å². The maximum Gasteiger partial charge on any atom is 2.00 e. The zero-order valence-corrected chi connectivity index (χ0v) is 18.8. The first-order valence-electron chi connectivity index (χ1n) is 9.43. The third kappa shape index (κ3) is 9.93. The summed E-state index contributed by atoms with van der Waals surface area (Å²) in [7, 11) is 0. The van der Waals surface area contributed by atoms with Crippen molar-refractivity contribution in [2.45, 2.75) is 40.5 Å². The van der Waals surface area contributed by atoms with Crippen LogP contribution in [0.25, 0.3) is 0 Å². The molecule has 1 radical (unpaired) electrons. The molecule has 0 bridgehead atoms. The zero-order valence-electron chi connectivity index (χ0n) is 17.8. The van der Waals surface area contributed by atoms with Crippen molar-refractivity contribution in [1.29, 1.82) is 0 Å². The molecule has 0 unspecified atom stereocenters. The van der Waals surface area contributed by atoms with E-state index in [-0.39, 0.29) is 39.7 Å². The summed E-state index contributed by atoms with van der Waals surface area (Å²) in [5.41, 5.74) is 1.90. The first-order chi connectivity index (χ1) is 14.3. The smallest absolute Gasteiger partial charge is 0.857 e. The van der Waals surface area contributed by atoms with Gasteiger partial charge in [0.1, 0.15) is 11.5 Å². The molecule has 2 N–H and O–H groups in total. The van der Waals surface area contributed by atoms with Crippen LogP contribution in [0.3, 0.4) is 0 Å². The SMILES string of the molecule is CC/C(C)=N/N=C(\[O-])c1ccccc1O.CC/C(C)=N/N=C(\[O-])c1ccccc1O.[Cu+2]. The molecule has 31 heavy (non-hydrogen) atoms. The van der Waals surface area contributed by atoms with Crippen LogP contribution in [0.4, 0.5) is 0 Å². The Balaban J connectivity index is 0.000000562. The fraction of sp³-hybridized carbons (Fsp3) is 0.273. The van der Waals surface area contributed by atoms with Gasteiger partial charge in [-0.15, -0.1) is 0 Å². The number of rotatable bonds is 6. The van der Waals surface area contributed by atoms with Crippen LogP contribution in [0.15, 0.2) is 68.9 Å². The van der Waals surface area contributed by atoms with Crippen LogP contribution in [-0.4, -0.2) is 33.4 Å². The molecule has 0 aromatic heterocycles. The number of phenolic OH excluding ortho intramolecular Hbond substituents is 2. The van der Waals surface area contributed by atoms with Gasteiger partial charge in [-0.1, -0.05) is 50.2 Å². The summed E-state index contributed by atoms with van der Waals surface area (Å²) < 4.78 is 0. The van der Waals surface area contributed by atoms with Crippen molar-refractivity contribution < 1.29 is 37.5 Å². The number of nitrogens with zero attached hydrogens (tertiary/aromatic N) is 4. The Kier molecular flexibility index (Phi) is 13.3. The fourth-order valence-electron chi connectivity index (χ4n) is 1.82. The van der Waals surface area contributed by atoms with Crippen LogP contribution in [-0.2, 0) is 17.1 Å². The Morgan fingerprint density at radius 1 is 0.677 bits per heavy atom. The molecule has 9 heteroatoms. The van der Waals surface area contributed by atoms with E-state index in [2.05, 4.69) is 20.4 Å². The molecule has 0 spiro atoms. The number of hydrogen-bond acceptors (Lipinski definition) is 8. The van der Waals surface area contributed by atoms with Crippen LogP contribution >= 0.6 is 0 Å². The second-order valence-electron chi connectivity index (χ2n) is 6.22. The Labute approximate surface area is 192 Å². The quantitative estimate of drug-likeness (QED) is 0.288. The van der Waals surface area contributed by atoms with E-state index < -0.39 is 11.8 Å². The summed E-state index contributed by atoms with van der Waals surface area (Å²) >= 11 is 0. The van der Waals surface area contributed by atoms with E-state index in [1.54, 1.807) is 38.1 Å². The van der Waals surface area contributed by atoms with E-state index in [1.807, 2.05) is 13.8 Å². The number of hydrogen-bond donors (Lipinski definition) is 2. The van der Waals surface area contributed by atoms with Gasteiger partial charge in [0.2, 0.25) is 0 Å². The molecule has 2 aromatic carbocycles. The average Bonchev–Trinajstić information content (AvgIpc) is 2.76. The molecule has 0 aliphatic carbocycles. The minimum atomic E-state index is -0.527. The van der Waals surface area contributed by atoms with Gasteiger partial charge in [-0.2, -0.15) is 20.4 Å².